The van der Waals surface area contributed by atoms with Gasteiger partial charge in [0.05, 0.1) is 45.1 Å². The Balaban J connectivity index is 1.26. The SMILES string of the molecule is C=Cc1ccc(CN2C(=O)c3ccc(S(=O)(=O)c4ccc5c(c4)C(=O)N(Cc4ccc(C=C)cc4)C5=O)cc3C2=O)cc1. The van der Waals surface area contributed by atoms with Crippen LogP contribution >= 0.6 is 0 Å². The molecule has 9 heteroatoms. The van der Waals surface area contributed by atoms with Crippen LogP contribution in [-0.4, -0.2) is 41.8 Å². The Morgan fingerprint density at radius 2 is 0.860 bits per heavy atom. The van der Waals surface area contributed by atoms with E-state index in [1.165, 1.54) is 36.4 Å². The van der Waals surface area contributed by atoms with Crippen LogP contribution < -0.4 is 0 Å². The van der Waals surface area contributed by atoms with Crippen LogP contribution in [-0.2, 0) is 22.9 Å². The molecule has 2 aliphatic heterocycles. The molecule has 43 heavy (non-hydrogen) atoms. The van der Waals surface area contributed by atoms with E-state index in [1.807, 2.05) is 24.3 Å². The van der Waals surface area contributed by atoms with E-state index in [2.05, 4.69) is 13.2 Å². The van der Waals surface area contributed by atoms with Crippen LogP contribution in [0.4, 0.5) is 0 Å². The van der Waals surface area contributed by atoms with Crippen LogP contribution in [0.3, 0.4) is 0 Å². The summed E-state index contributed by atoms with van der Waals surface area (Å²) in [6, 6.07) is 22.0. The molecule has 2 heterocycles. The third-order valence-electron chi connectivity index (χ3n) is 7.62. The highest BCUT2D eigenvalue weighted by atomic mass is 32.2. The Morgan fingerprint density at radius 1 is 0.512 bits per heavy atom. The summed E-state index contributed by atoms with van der Waals surface area (Å²) in [5.74, 6) is -2.23. The molecule has 2 aliphatic rings. The van der Waals surface area contributed by atoms with Gasteiger partial charge in [0.15, 0.2) is 0 Å². The van der Waals surface area contributed by atoms with Crippen LogP contribution in [0, 0.1) is 0 Å². The molecule has 0 saturated heterocycles. The Morgan fingerprint density at radius 3 is 1.21 bits per heavy atom. The van der Waals surface area contributed by atoms with Crippen LogP contribution in [0.1, 0.15) is 63.7 Å². The molecule has 0 N–H and O–H groups in total. The van der Waals surface area contributed by atoms with Gasteiger partial charge < -0.3 is 0 Å². The zero-order valence-electron chi connectivity index (χ0n) is 22.8. The number of carbonyl (C=O) groups is 4. The molecule has 0 saturated carbocycles. The Kier molecular flexibility index (Phi) is 6.74. The number of rotatable bonds is 8. The molecule has 0 aromatic heterocycles. The van der Waals surface area contributed by atoms with Gasteiger partial charge in [-0.2, -0.15) is 0 Å². The second-order valence-corrected chi connectivity index (χ2v) is 12.2. The van der Waals surface area contributed by atoms with Crippen molar-refractivity contribution in [2.75, 3.05) is 0 Å². The largest absolute Gasteiger partial charge is 0.270 e. The lowest BCUT2D eigenvalue weighted by Gasteiger charge is -2.14. The molecule has 4 aromatic rings. The lowest BCUT2D eigenvalue weighted by molar-refractivity contribution is 0.0627. The highest BCUT2D eigenvalue weighted by molar-refractivity contribution is 7.91. The molecule has 0 aliphatic carbocycles. The first kappa shape index (κ1) is 27.7. The summed E-state index contributed by atoms with van der Waals surface area (Å²) in [6.07, 6.45) is 3.37. The van der Waals surface area contributed by atoms with Gasteiger partial charge in [-0.1, -0.05) is 73.8 Å². The van der Waals surface area contributed by atoms with Gasteiger partial charge in [0.2, 0.25) is 9.84 Å². The van der Waals surface area contributed by atoms with E-state index < -0.39 is 33.5 Å². The van der Waals surface area contributed by atoms with Gasteiger partial charge in [0.25, 0.3) is 23.6 Å². The van der Waals surface area contributed by atoms with Gasteiger partial charge in [0.1, 0.15) is 0 Å². The second-order valence-electron chi connectivity index (χ2n) is 10.2. The minimum atomic E-state index is -4.21. The van der Waals surface area contributed by atoms with Crippen molar-refractivity contribution in [3.05, 3.63) is 143 Å². The van der Waals surface area contributed by atoms with Gasteiger partial charge in [-0.25, -0.2) is 8.42 Å². The molecule has 0 bridgehead atoms. The summed E-state index contributed by atoms with van der Waals surface area (Å²) in [6.45, 7) is 7.48. The number of benzene rings is 4. The number of hydrogen-bond acceptors (Lipinski definition) is 6. The van der Waals surface area contributed by atoms with Gasteiger partial charge >= 0.3 is 0 Å². The van der Waals surface area contributed by atoms with Crippen LogP contribution in [0.15, 0.2) is 108 Å². The lowest BCUT2D eigenvalue weighted by atomic mass is 10.1. The van der Waals surface area contributed by atoms with E-state index in [9.17, 15) is 27.6 Å². The fourth-order valence-electron chi connectivity index (χ4n) is 5.18. The maximum atomic E-state index is 13.6. The first-order valence-electron chi connectivity index (χ1n) is 13.3. The number of hydrogen-bond donors (Lipinski definition) is 0. The van der Waals surface area contributed by atoms with Crippen molar-refractivity contribution in [3.63, 3.8) is 0 Å². The molecule has 4 aromatic carbocycles. The van der Waals surface area contributed by atoms with E-state index in [-0.39, 0.29) is 45.1 Å². The topological polar surface area (TPSA) is 109 Å². The number of fused-ring (bicyclic) bond motifs is 2. The van der Waals surface area contributed by atoms with Crippen molar-refractivity contribution in [2.24, 2.45) is 0 Å². The quantitative estimate of drug-likeness (QED) is 0.255. The summed E-state index contributed by atoms with van der Waals surface area (Å²) in [4.78, 5) is 54.2. The maximum absolute atomic E-state index is 13.6. The van der Waals surface area contributed by atoms with Crippen molar-refractivity contribution in [3.8, 4) is 0 Å². The number of amides is 4. The summed E-state index contributed by atoms with van der Waals surface area (Å²) >= 11 is 0. The number of sulfone groups is 1. The summed E-state index contributed by atoms with van der Waals surface area (Å²) in [7, 11) is -4.21. The summed E-state index contributed by atoms with van der Waals surface area (Å²) < 4.78 is 27.3. The average Bonchev–Trinajstić information content (AvgIpc) is 3.41. The molecule has 0 spiro atoms. The zero-order chi connectivity index (χ0) is 30.5. The van der Waals surface area contributed by atoms with Crippen molar-refractivity contribution < 1.29 is 27.6 Å². The minimum Gasteiger partial charge on any atom is -0.270 e. The molecular weight excluding hydrogens is 564 g/mol. The predicted molar refractivity (Wildman–Crippen MR) is 160 cm³/mol. The molecule has 0 radical (unpaired) electrons. The molecule has 0 unspecified atom stereocenters. The Hall–Kier alpha value is -5.41. The third-order valence-corrected chi connectivity index (χ3v) is 9.37. The van der Waals surface area contributed by atoms with Gasteiger partial charge in [-0.05, 0) is 58.7 Å². The number of imide groups is 2. The minimum absolute atomic E-state index is 0.0187. The monoisotopic (exact) mass is 588 g/mol. The fourth-order valence-corrected chi connectivity index (χ4v) is 6.49. The van der Waals surface area contributed by atoms with Crippen LogP contribution in [0.5, 0.6) is 0 Å². The van der Waals surface area contributed by atoms with Crippen molar-refractivity contribution in [1.29, 1.82) is 0 Å². The van der Waals surface area contributed by atoms with Gasteiger partial charge in [-0.15, -0.1) is 0 Å². The van der Waals surface area contributed by atoms with Crippen molar-refractivity contribution in [1.82, 2.24) is 9.80 Å². The Bertz CT molecular complexity index is 1850. The first-order chi connectivity index (χ1) is 20.6. The van der Waals surface area contributed by atoms with Gasteiger partial charge in [-0.3, -0.25) is 29.0 Å². The van der Waals surface area contributed by atoms with Crippen molar-refractivity contribution in [2.45, 2.75) is 22.9 Å². The van der Waals surface area contributed by atoms with Gasteiger partial charge in [0, 0.05) is 0 Å². The number of carbonyl (C=O) groups excluding carboxylic acids is 4. The fraction of sp³-hybridized carbons (Fsp3) is 0.0588. The smallest absolute Gasteiger partial charge is 0.261 e. The molecule has 0 fully saturated rings. The maximum Gasteiger partial charge on any atom is 0.261 e. The standard InChI is InChI=1S/C34H24N2O6S/c1-3-21-5-9-23(10-6-21)19-35-31(37)27-15-13-25(17-29(27)33(35)39)43(41,42)26-14-16-28-30(18-26)34(40)36(32(28)38)20-24-11-7-22(4-2)8-12-24/h3-18H,1-2,19-20H2. The summed E-state index contributed by atoms with van der Waals surface area (Å²) in [5.41, 5.74) is 3.43. The van der Waals surface area contributed by atoms with E-state index in [4.69, 9.17) is 0 Å². The van der Waals surface area contributed by atoms with Crippen LogP contribution in [0.2, 0.25) is 0 Å². The zero-order valence-corrected chi connectivity index (χ0v) is 23.6. The average molecular weight is 589 g/mol. The molecule has 0 atom stereocenters. The third kappa shape index (κ3) is 4.69. The molecule has 4 amide bonds. The summed E-state index contributed by atoms with van der Waals surface area (Å²) in [5, 5.41) is 0. The molecule has 8 nitrogen and oxygen atoms in total. The highest BCUT2D eigenvalue weighted by Gasteiger charge is 2.39. The number of nitrogens with zero attached hydrogens (tertiary/aromatic N) is 2. The normalized spacial score (nSPS) is 14.2. The van der Waals surface area contributed by atoms with E-state index in [0.29, 0.717) is 0 Å². The highest BCUT2D eigenvalue weighted by Crippen LogP contribution is 2.32. The van der Waals surface area contributed by atoms with Crippen LogP contribution in [0.25, 0.3) is 12.2 Å². The molecule has 6 rings (SSSR count). The van der Waals surface area contributed by atoms with E-state index >= 15 is 0 Å². The second kappa shape index (κ2) is 10.5. The first-order valence-corrected chi connectivity index (χ1v) is 14.8. The molecular formula is C34H24N2O6S. The lowest BCUT2D eigenvalue weighted by Crippen LogP contribution is -2.29. The van der Waals surface area contributed by atoms with E-state index in [1.54, 1.807) is 36.4 Å². The van der Waals surface area contributed by atoms with E-state index in [0.717, 1.165) is 32.1 Å². The van der Waals surface area contributed by atoms with Crippen molar-refractivity contribution >= 4 is 45.6 Å². The molecule has 212 valence electrons. The predicted octanol–water partition coefficient (Wildman–Crippen LogP) is 5.40. The Labute approximate surface area is 248 Å².